The smallest absolute Gasteiger partial charge is 0.306 e. The normalized spacial score (nSPS) is 27.5. The molecular weight excluding hydrogens is 163 g/mol. The summed E-state index contributed by atoms with van der Waals surface area (Å²) in [4.78, 5) is 10.8. The number of rotatable bonds is 5. The minimum Gasteiger partial charge on any atom is -0.481 e. The van der Waals surface area contributed by atoms with E-state index in [0.29, 0.717) is 5.92 Å². The van der Waals surface area contributed by atoms with Crippen LogP contribution in [0.3, 0.4) is 0 Å². The van der Waals surface area contributed by atoms with Crippen molar-refractivity contribution < 1.29 is 9.90 Å². The van der Waals surface area contributed by atoms with E-state index in [1.165, 1.54) is 0 Å². The maximum atomic E-state index is 10.8. The Morgan fingerprint density at radius 2 is 2.31 bits per heavy atom. The zero-order valence-electron chi connectivity index (χ0n) is 8.33. The first kappa shape index (κ1) is 10.6. The second-order valence-electron chi connectivity index (χ2n) is 3.97. The van der Waals surface area contributed by atoms with Gasteiger partial charge in [-0.1, -0.05) is 32.4 Å². The maximum Gasteiger partial charge on any atom is 0.306 e. The van der Waals surface area contributed by atoms with Gasteiger partial charge in [0.1, 0.15) is 7.28 Å². The minimum atomic E-state index is -0.581. The van der Waals surface area contributed by atoms with Crippen LogP contribution in [0, 0.1) is 11.8 Å². The second kappa shape index (κ2) is 5.30. The van der Waals surface area contributed by atoms with Crippen LogP contribution in [0.15, 0.2) is 0 Å². The van der Waals surface area contributed by atoms with Gasteiger partial charge in [0.25, 0.3) is 0 Å². The van der Waals surface area contributed by atoms with Gasteiger partial charge in [0.05, 0.1) is 5.92 Å². The monoisotopic (exact) mass is 181 g/mol. The van der Waals surface area contributed by atoms with E-state index in [1.807, 2.05) is 0 Å². The van der Waals surface area contributed by atoms with Crippen LogP contribution in [-0.2, 0) is 4.79 Å². The van der Waals surface area contributed by atoms with Gasteiger partial charge in [-0.3, -0.25) is 4.79 Å². The second-order valence-corrected chi connectivity index (χ2v) is 3.97. The SMILES string of the molecule is C[B]CCC[C@H]1CCC[C@H]1C(=O)O. The quantitative estimate of drug-likeness (QED) is 0.522. The summed E-state index contributed by atoms with van der Waals surface area (Å²) in [6.45, 7) is 2.06. The van der Waals surface area contributed by atoms with E-state index in [1.54, 1.807) is 0 Å². The van der Waals surface area contributed by atoms with Crippen molar-refractivity contribution in [3.63, 3.8) is 0 Å². The predicted octanol–water partition coefficient (Wildman–Crippen LogP) is 2.44. The summed E-state index contributed by atoms with van der Waals surface area (Å²) in [5.74, 6) is -0.169. The third-order valence-corrected chi connectivity index (χ3v) is 3.04. The van der Waals surface area contributed by atoms with Gasteiger partial charge in [-0.15, -0.1) is 0 Å². The molecule has 0 aromatic rings. The third-order valence-electron chi connectivity index (χ3n) is 3.04. The Hall–Kier alpha value is -0.465. The number of hydrogen-bond donors (Lipinski definition) is 1. The van der Waals surface area contributed by atoms with E-state index < -0.39 is 5.97 Å². The lowest BCUT2D eigenvalue weighted by molar-refractivity contribution is -0.143. The molecule has 1 aliphatic carbocycles. The summed E-state index contributed by atoms with van der Waals surface area (Å²) in [7, 11) is 2.16. The molecule has 0 saturated heterocycles. The molecule has 2 atom stereocenters. The molecule has 0 spiro atoms. The first-order valence-corrected chi connectivity index (χ1v) is 5.26. The van der Waals surface area contributed by atoms with Crippen molar-refractivity contribution in [3.8, 4) is 0 Å². The van der Waals surface area contributed by atoms with Crippen LogP contribution in [0.5, 0.6) is 0 Å². The van der Waals surface area contributed by atoms with E-state index in [0.717, 1.165) is 38.4 Å². The van der Waals surface area contributed by atoms with Gasteiger partial charge in [-0.2, -0.15) is 0 Å². The standard InChI is InChI=1S/C10H18BO2/c1-11-7-3-5-8-4-2-6-9(8)10(12)13/h8-9H,2-7H2,1H3,(H,12,13)/t8-,9-/m1/s1. The first-order valence-electron chi connectivity index (χ1n) is 5.26. The van der Waals surface area contributed by atoms with E-state index >= 15 is 0 Å². The van der Waals surface area contributed by atoms with Gasteiger partial charge in [-0.05, 0) is 18.8 Å². The number of carboxylic acids is 1. The lowest BCUT2D eigenvalue weighted by Gasteiger charge is -2.14. The molecule has 0 amide bonds. The molecule has 0 aromatic carbocycles. The largest absolute Gasteiger partial charge is 0.481 e. The third kappa shape index (κ3) is 3.05. The molecule has 1 N–H and O–H groups in total. The van der Waals surface area contributed by atoms with Crippen LogP contribution in [0.4, 0.5) is 0 Å². The van der Waals surface area contributed by atoms with Crippen molar-refractivity contribution >= 4 is 13.2 Å². The molecule has 2 nitrogen and oxygen atoms in total. The van der Waals surface area contributed by atoms with Crippen molar-refractivity contribution in [2.24, 2.45) is 11.8 Å². The van der Waals surface area contributed by atoms with E-state index in [2.05, 4.69) is 14.1 Å². The minimum absolute atomic E-state index is 0.0446. The van der Waals surface area contributed by atoms with E-state index in [9.17, 15) is 4.79 Å². The van der Waals surface area contributed by atoms with Crippen molar-refractivity contribution in [1.29, 1.82) is 0 Å². The molecule has 1 radical (unpaired) electrons. The van der Waals surface area contributed by atoms with Crippen LogP contribution in [0.1, 0.15) is 32.1 Å². The topological polar surface area (TPSA) is 37.3 Å². The highest BCUT2D eigenvalue weighted by Crippen LogP contribution is 2.35. The van der Waals surface area contributed by atoms with Crippen molar-refractivity contribution in [1.82, 2.24) is 0 Å². The summed E-state index contributed by atoms with van der Waals surface area (Å²) in [6, 6.07) is 0. The zero-order valence-corrected chi connectivity index (χ0v) is 8.33. The molecule has 0 aliphatic heterocycles. The molecule has 0 aromatic heterocycles. The molecule has 13 heavy (non-hydrogen) atoms. The summed E-state index contributed by atoms with van der Waals surface area (Å²) < 4.78 is 0. The van der Waals surface area contributed by atoms with Crippen LogP contribution in [0.2, 0.25) is 13.1 Å². The Balaban J connectivity index is 2.27. The summed E-state index contributed by atoms with van der Waals surface area (Å²) >= 11 is 0. The number of aliphatic carboxylic acids is 1. The fourth-order valence-electron chi connectivity index (χ4n) is 2.29. The lowest BCUT2D eigenvalue weighted by Crippen LogP contribution is -2.18. The Labute approximate surface area is 81.0 Å². The fourth-order valence-corrected chi connectivity index (χ4v) is 2.29. The highest BCUT2D eigenvalue weighted by atomic mass is 16.4. The van der Waals surface area contributed by atoms with Crippen molar-refractivity contribution in [2.45, 2.75) is 45.2 Å². The Bertz CT molecular complexity index is 170. The average Bonchev–Trinajstić information content (AvgIpc) is 2.53. The molecule has 0 bridgehead atoms. The molecule has 0 unspecified atom stereocenters. The molecule has 3 heteroatoms. The zero-order chi connectivity index (χ0) is 9.68. The summed E-state index contributed by atoms with van der Waals surface area (Å²) in [5, 5.41) is 8.93. The van der Waals surface area contributed by atoms with Crippen LogP contribution < -0.4 is 0 Å². The Kier molecular flexibility index (Phi) is 4.33. The molecule has 0 heterocycles. The maximum absolute atomic E-state index is 10.8. The number of carbonyl (C=O) groups is 1. The average molecular weight is 181 g/mol. The highest BCUT2D eigenvalue weighted by molar-refractivity contribution is 6.33. The highest BCUT2D eigenvalue weighted by Gasteiger charge is 2.31. The Morgan fingerprint density at radius 3 is 2.92 bits per heavy atom. The molecule has 1 rings (SSSR count). The van der Waals surface area contributed by atoms with Crippen molar-refractivity contribution in [2.75, 3.05) is 0 Å². The van der Waals surface area contributed by atoms with Gasteiger partial charge < -0.3 is 5.11 Å². The van der Waals surface area contributed by atoms with Gasteiger partial charge >= 0.3 is 5.97 Å². The van der Waals surface area contributed by atoms with Gasteiger partial charge in [0, 0.05) is 0 Å². The predicted molar refractivity (Wildman–Crippen MR) is 54.1 cm³/mol. The fraction of sp³-hybridized carbons (Fsp3) is 0.900. The van der Waals surface area contributed by atoms with Crippen LogP contribution in [-0.4, -0.2) is 18.4 Å². The summed E-state index contributed by atoms with van der Waals surface area (Å²) in [5.41, 5.74) is 0. The number of carboxylic acid groups (broad SMARTS) is 1. The Morgan fingerprint density at radius 1 is 1.54 bits per heavy atom. The molecule has 1 fully saturated rings. The van der Waals surface area contributed by atoms with E-state index in [-0.39, 0.29) is 5.92 Å². The van der Waals surface area contributed by atoms with Crippen LogP contribution in [0.25, 0.3) is 0 Å². The first-order chi connectivity index (χ1) is 6.25. The number of hydrogen-bond acceptors (Lipinski definition) is 1. The van der Waals surface area contributed by atoms with Gasteiger partial charge in [0.2, 0.25) is 0 Å². The molecular formula is C10H18BO2. The lowest BCUT2D eigenvalue weighted by atomic mass is 9.75. The van der Waals surface area contributed by atoms with E-state index in [4.69, 9.17) is 5.11 Å². The van der Waals surface area contributed by atoms with Crippen LogP contribution >= 0.6 is 0 Å². The molecule has 1 aliphatic rings. The van der Waals surface area contributed by atoms with Gasteiger partial charge in [0.15, 0.2) is 0 Å². The van der Waals surface area contributed by atoms with Crippen molar-refractivity contribution in [3.05, 3.63) is 0 Å². The van der Waals surface area contributed by atoms with Gasteiger partial charge in [-0.25, -0.2) is 0 Å². The molecule has 1 saturated carbocycles. The summed E-state index contributed by atoms with van der Waals surface area (Å²) in [6.07, 6.45) is 6.52. The molecule has 73 valence electrons.